The molecule has 134 valence electrons. The number of hydrazine groups is 1. The first kappa shape index (κ1) is 15.9. The standard InChI is InChI=1S/C23H22N4/c1-25-23(24)27(26-15-5-8-16-6-2-3-10-20(16)26)21-14-13-18-12-11-17-7-4-9-19(21)22(17)18/h2-4,6-7,9-14H,5,8,15H2,1H3,(H2,24,25). The first-order chi connectivity index (χ1) is 13.3. The van der Waals surface area contributed by atoms with E-state index >= 15 is 0 Å². The summed E-state index contributed by atoms with van der Waals surface area (Å²) in [6.45, 7) is 0.891. The summed E-state index contributed by atoms with van der Waals surface area (Å²) in [7, 11) is 1.81. The van der Waals surface area contributed by atoms with Crippen LogP contribution in [-0.4, -0.2) is 19.6 Å². The molecule has 0 bridgehead atoms. The highest BCUT2D eigenvalue weighted by atomic mass is 15.7. The van der Waals surface area contributed by atoms with Gasteiger partial charge >= 0.3 is 0 Å². The zero-order valence-electron chi connectivity index (χ0n) is 15.4. The van der Waals surface area contributed by atoms with Gasteiger partial charge in [-0.2, -0.15) is 0 Å². The van der Waals surface area contributed by atoms with Gasteiger partial charge in [0.1, 0.15) is 0 Å². The predicted octanol–water partition coefficient (Wildman–Crippen LogP) is 4.65. The maximum atomic E-state index is 8.67. The van der Waals surface area contributed by atoms with Crippen molar-refractivity contribution in [3.05, 3.63) is 71.3 Å². The maximum Gasteiger partial charge on any atom is 0.214 e. The minimum atomic E-state index is 0.373. The second-order valence-electron chi connectivity index (χ2n) is 7.04. The first-order valence-corrected chi connectivity index (χ1v) is 9.43. The van der Waals surface area contributed by atoms with E-state index in [0.29, 0.717) is 5.96 Å². The number of hydrogen-bond acceptors (Lipinski definition) is 2. The number of hydrogen-bond donors (Lipinski definition) is 2. The third-order valence-electron chi connectivity index (χ3n) is 5.53. The molecule has 0 amide bonds. The van der Waals surface area contributed by atoms with Gasteiger partial charge in [-0.05, 0) is 47.1 Å². The van der Waals surface area contributed by atoms with Gasteiger partial charge in [0.05, 0.1) is 11.4 Å². The molecule has 0 atom stereocenters. The Kier molecular flexibility index (Phi) is 3.64. The summed E-state index contributed by atoms with van der Waals surface area (Å²) >= 11 is 0. The summed E-state index contributed by atoms with van der Waals surface area (Å²) in [5.41, 5.74) is 6.06. The van der Waals surface area contributed by atoms with Crippen LogP contribution >= 0.6 is 0 Å². The van der Waals surface area contributed by atoms with E-state index in [-0.39, 0.29) is 0 Å². The van der Waals surface area contributed by atoms with Crippen molar-refractivity contribution in [2.24, 2.45) is 0 Å². The second-order valence-corrected chi connectivity index (χ2v) is 7.04. The molecule has 0 unspecified atom stereocenters. The molecule has 27 heavy (non-hydrogen) atoms. The fourth-order valence-electron chi connectivity index (χ4n) is 4.29. The van der Waals surface area contributed by atoms with Gasteiger partial charge in [0, 0.05) is 19.0 Å². The normalized spacial score (nSPS) is 14.3. The van der Waals surface area contributed by atoms with E-state index in [2.05, 4.69) is 77.1 Å². The lowest BCUT2D eigenvalue weighted by molar-refractivity contribution is 0.700. The topological polar surface area (TPSA) is 42.4 Å². The predicted molar refractivity (Wildman–Crippen MR) is 114 cm³/mol. The second kappa shape index (κ2) is 6.16. The SMILES string of the molecule is CNC(=N)N(c1ccc2c3c(cccc13)C=C2)N1CCCc2ccccc21. The van der Waals surface area contributed by atoms with Crippen LogP contribution in [0.5, 0.6) is 0 Å². The van der Waals surface area contributed by atoms with Crippen molar-refractivity contribution in [2.45, 2.75) is 12.8 Å². The van der Waals surface area contributed by atoms with E-state index in [4.69, 9.17) is 5.41 Å². The highest BCUT2D eigenvalue weighted by Crippen LogP contribution is 2.39. The Hall–Kier alpha value is -3.27. The fraction of sp³-hybridized carbons (Fsp3) is 0.174. The summed E-state index contributed by atoms with van der Waals surface area (Å²) in [6.07, 6.45) is 6.51. The van der Waals surface area contributed by atoms with Crippen LogP contribution in [0.2, 0.25) is 0 Å². The summed E-state index contributed by atoms with van der Waals surface area (Å²) in [5, 5.41) is 18.4. The van der Waals surface area contributed by atoms with Crippen molar-refractivity contribution in [3.63, 3.8) is 0 Å². The quantitative estimate of drug-likeness (QED) is 0.407. The third kappa shape index (κ3) is 2.40. The Morgan fingerprint density at radius 3 is 2.67 bits per heavy atom. The van der Waals surface area contributed by atoms with Gasteiger partial charge in [0.25, 0.3) is 0 Å². The van der Waals surface area contributed by atoms with Crippen molar-refractivity contribution in [2.75, 3.05) is 23.6 Å². The molecule has 1 heterocycles. The number of aryl methyl sites for hydroxylation is 1. The van der Waals surface area contributed by atoms with E-state index in [0.717, 1.165) is 25.1 Å². The minimum Gasteiger partial charge on any atom is -0.358 e. The number of rotatable bonds is 2. The largest absolute Gasteiger partial charge is 0.358 e. The Labute approximate surface area is 159 Å². The van der Waals surface area contributed by atoms with Crippen LogP contribution in [0.3, 0.4) is 0 Å². The molecule has 1 aliphatic heterocycles. The number of fused-ring (bicyclic) bond motifs is 1. The molecule has 0 saturated carbocycles. The molecule has 5 rings (SSSR count). The molecule has 2 aliphatic rings. The summed E-state index contributed by atoms with van der Waals surface area (Å²) in [5.74, 6) is 0.373. The lowest BCUT2D eigenvalue weighted by atomic mass is 10.0. The van der Waals surface area contributed by atoms with E-state index in [1.54, 1.807) is 0 Å². The highest BCUT2D eigenvalue weighted by molar-refractivity contribution is 6.13. The molecule has 1 aliphatic carbocycles. The first-order valence-electron chi connectivity index (χ1n) is 9.43. The molecule has 0 spiro atoms. The van der Waals surface area contributed by atoms with Crippen LogP contribution in [0.4, 0.5) is 11.4 Å². The Morgan fingerprint density at radius 1 is 1.00 bits per heavy atom. The Bertz CT molecular complexity index is 1070. The van der Waals surface area contributed by atoms with E-state index < -0.39 is 0 Å². The van der Waals surface area contributed by atoms with E-state index in [1.807, 2.05) is 12.1 Å². The molecule has 0 fully saturated rings. The number of guanidine groups is 1. The van der Waals surface area contributed by atoms with Crippen molar-refractivity contribution in [1.29, 1.82) is 5.41 Å². The van der Waals surface area contributed by atoms with Crippen molar-refractivity contribution in [1.82, 2.24) is 5.32 Å². The highest BCUT2D eigenvalue weighted by Gasteiger charge is 2.27. The molecular formula is C23H22N4. The van der Waals surface area contributed by atoms with Gasteiger partial charge < -0.3 is 5.32 Å². The molecule has 0 aromatic heterocycles. The lowest BCUT2D eigenvalue weighted by Gasteiger charge is -2.41. The van der Waals surface area contributed by atoms with E-state index in [9.17, 15) is 0 Å². The molecular weight excluding hydrogens is 332 g/mol. The maximum absolute atomic E-state index is 8.67. The Morgan fingerprint density at radius 2 is 1.81 bits per heavy atom. The van der Waals surface area contributed by atoms with Crippen molar-refractivity contribution < 1.29 is 0 Å². The lowest BCUT2D eigenvalue weighted by Crippen LogP contribution is -2.53. The molecule has 4 heteroatoms. The smallest absolute Gasteiger partial charge is 0.214 e. The molecule has 0 saturated heterocycles. The molecule has 3 aromatic carbocycles. The van der Waals surface area contributed by atoms with Crippen LogP contribution < -0.4 is 15.3 Å². The van der Waals surface area contributed by atoms with Crippen LogP contribution in [-0.2, 0) is 6.42 Å². The average Bonchev–Trinajstić information content (AvgIpc) is 3.14. The van der Waals surface area contributed by atoms with Crippen molar-refractivity contribution >= 4 is 40.3 Å². The molecule has 2 N–H and O–H groups in total. The van der Waals surface area contributed by atoms with Crippen LogP contribution in [0.1, 0.15) is 23.1 Å². The van der Waals surface area contributed by atoms with Crippen LogP contribution in [0.15, 0.2) is 54.6 Å². The van der Waals surface area contributed by atoms with Crippen molar-refractivity contribution in [3.8, 4) is 0 Å². The third-order valence-corrected chi connectivity index (χ3v) is 5.53. The monoisotopic (exact) mass is 354 g/mol. The number of nitrogens with zero attached hydrogens (tertiary/aromatic N) is 2. The van der Waals surface area contributed by atoms with Gasteiger partial charge in [-0.1, -0.05) is 54.6 Å². The summed E-state index contributed by atoms with van der Waals surface area (Å²) < 4.78 is 0. The zero-order valence-corrected chi connectivity index (χ0v) is 15.4. The van der Waals surface area contributed by atoms with Gasteiger partial charge in [0.2, 0.25) is 5.96 Å². The van der Waals surface area contributed by atoms with Crippen LogP contribution in [0, 0.1) is 5.41 Å². The average molecular weight is 354 g/mol. The minimum absolute atomic E-state index is 0.373. The fourth-order valence-corrected chi connectivity index (χ4v) is 4.29. The van der Waals surface area contributed by atoms with E-state index in [1.165, 1.54) is 33.2 Å². The summed E-state index contributed by atoms with van der Waals surface area (Å²) in [4.78, 5) is 0. The van der Waals surface area contributed by atoms with Gasteiger partial charge in [0.15, 0.2) is 0 Å². The Balaban J connectivity index is 1.72. The molecule has 3 aromatic rings. The molecule has 0 radical (unpaired) electrons. The zero-order chi connectivity index (χ0) is 18.4. The number of benzene rings is 3. The number of para-hydroxylation sites is 1. The number of nitrogens with one attached hydrogen (secondary N) is 2. The number of anilines is 2. The molecule has 4 nitrogen and oxygen atoms in total. The summed E-state index contributed by atoms with van der Waals surface area (Å²) in [6, 6.07) is 19.3. The van der Waals surface area contributed by atoms with Gasteiger partial charge in [-0.3, -0.25) is 10.4 Å². The van der Waals surface area contributed by atoms with Gasteiger partial charge in [-0.25, -0.2) is 5.01 Å². The van der Waals surface area contributed by atoms with Crippen LogP contribution in [0.25, 0.3) is 22.9 Å². The van der Waals surface area contributed by atoms with Gasteiger partial charge in [-0.15, -0.1) is 0 Å².